The predicted molar refractivity (Wildman–Crippen MR) is 156 cm³/mol. The number of ether oxygens (including phenoxy) is 2. The van der Waals surface area contributed by atoms with Crippen LogP contribution in [0.2, 0.25) is 0 Å². The summed E-state index contributed by atoms with van der Waals surface area (Å²) in [6.45, 7) is 1.07. The van der Waals surface area contributed by atoms with Crippen molar-refractivity contribution < 1.29 is 9.47 Å². The Morgan fingerprint density at radius 3 is 2.67 bits per heavy atom. The van der Waals surface area contributed by atoms with Crippen LogP contribution in [-0.4, -0.2) is 24.9 Å². The third-order valence-electron chi connectivity index (χ3n) is 10.9. The Morgan fingerprint density at radius 2 is 1.77 bits per heavy atom. The number of fused-ring (bicyclic) bond motifs is 8. The standard InChI is InChI=1S/C36H41NO2/c1-2-10-24(11-3-1)25-17-19-29-34(22-25)38-32-15-6-4-12-27(32)36(29)28-13-5-7-16-33(28)39-35-23-26(18-20-30(35)36)31-14-8-9-21-37-31/h1-3,5,10-11,13-15,18,20,22-23,27-30,33-35,37H,4,6-9,12,16-17,19,21H2. The van der Waals surface area contributed by atoms with Gasteiger partial charge in [-0.3, -0.25) is 0 Å². The lowest BCUT2D eigenvalue weighted by Gasteiger charge is -2.66. The predicted octanol–water partition coefficient (Wildman–Crippen LogP) is 7.66. The van der Waals surface area contributed by atoms with Gasteiger partial charge in [0.05, 0.1) is 18.0 Å². The summed E-state index contributed by atoms with van der Waals surface area (Å²) >= 11 is 0. The molecule has 4 aliphatic carbocycles. The fourth-order valence-corrected chi connectivity index (χ4v) is 9.41. The molecular formula is C36H41NO2. The van der Waals surface area contributed by atoms with Crippen LogP contribution in [0.5, 0.6) is 0 Å². The van der Waals surface area contributed by atoms with Gasteiger partial charge >= 0.3 is 0 Å². The molecule has 3 nitrogen and oxygen atoms in total. The molecule has 1 N–H and O–H groups in total. The van der Waals surface area contributed by atoms with E-state index in [1.165, 1.54) is 53.8 Å². The van der Waals surface area contributed by atoms with E-state index in [0.717, 1.165) is 38.6 Å². The molecule has 0 radical (unpaired) electrons. The third-order valence-corrected chi connectivity index (χ3v) is 10.9. The topological polar surface area (TPSA) is 30.5 Å². The highest BCUT2D eigenvalue weighted by Crippen LogP contribution is 2.67. The Kier molecular flexibility index (Phi) is 5.98. The molecule has 3 aliphatic heterocycles. The zero-order valence-corrected chi connectivity index (χ0v) is 22.9. The lowest BCUT2D eigenvalue weighted by Crippen LogP contribution is -2.65. The minimum atomic E-state index is 0.116. The van der Waals surface area contributed by atoms with Crippen molar-refractivity contribution in [2.75, 3.05) is 6.54 Å². The van der Waals surface area contributed by atoms with E-state index in [-0.39, 0.29) is 23.7 Å². The van der Waals surface area contributed by atoms with Crippen LogP contribution in [0.4, 0.5) is 0 Å². The molecule has 8 rings (SSSR count). The van der Waals surface area contributed by atoms with Crippen LogP contribution in [0.3, 0.4) is 0 Å². The van der Waals surface area contributed by atoms with Crippen molar-refractivity contribution in [3.8, 4) is 0 Å². The molecule has 0 saturated carbocycles. The second kappa shape index (κ2) is 9.70. The molecule has 2 fully saturated rings. The summed E-state index contributed by atoms with van der Waals surface area (Å²) in [6, 6.07) is 11.0. The monoisotopic (exact) mass is 519 g/mol. The van der Waals surface area contributed by atoms with Gasteiger partial charge in [0.25, 0.3) is 0 Å². The van der Waals surface area contributed by atoms with Crippen LogP contribution in [0.15, 0.2) is 96.0 Å². The highest BCUT2D eigenvalue weighted by molar-refractivity contribution is 5.67. The molecule has 1 aromatic rings. The number of benzene rings is 1. The van der Waals surface area contributed by atoms with E-state index < -0.39 is 0 Å². The highest BCUT2D eigenvalue weighted by atomic mass is 16.5. The van der Waals surface area contributed by atoms with Gasteiger partial charge in [0.2, 0.25) is 0 Å². The molecule has 0 amide bonds. The van der Waals surface area contributed by atoms with Crippen molar-refractivity contribution in [2.45, 2.75) is 76.1 Å². The normalized spacial score (nSPS) is 40.4. The molecule has 0 aromatic heterocycles. The number of hydrogen-bond donors (Lipinski definition) is 1. The quantitative estimate of drug-likeness (QED) is 0.407. The van der Waals surface area contributed by atoms with E-state index in [0.29, 0.717) is 23.7 Å². The van der Waals surface area contributed by atoms with E-state index in [2.05, 4.69) is 84.3 Å². The fraction of sp³-hybridized carbons (Fsp3) is 0.500. The van der Waals surface area contributed by atoms with Gasteiger partial charge in [-0.2, -0.15) is 0 Å². The van der Waals surface area contributed by atoms with Crippen molar-refractivity contribution in [2.24, 2.45) is 29.1 Å². The highest BCUT2D eigenvalue weighted by Gasteiger charge is 2.66. The molecule has 8 atom stereocenters. The third kappa shape index (κ3) is 3.79. The van der Waals surface area contributed by atoms with Gasteiger partial charge < -0.3 is 14.8 Å². The van der Waals surface area contributed by atoms with Crippen LogP contribution < -0.4 is 5.32 Å². The number of rotatable bonds is 2. The van der Waals surface area contributed by atoms with Crippen molar-refractivity contribution in [1.82, 2.24) is 5.32 Å². The van der Waals surface area contributed by atoms with Crippen LogP contribution in [-0.2, 0) is 9.47 Å². The molecule has 7 aliphatic rings. The zero-order valence-electron chi connectivity index (χ0n) is 22.9. The Morgan fingerprint density at radius 1 is 0.846 bits per heavy atom. The molecule has 8 unspecified atom stereocenters. The van der Waals surface area contributed by atoms with Gasteiger partial charge in [-0.25, -0.2) is 0 Å². The smallest absolute Gasteiger partial charge is 0.120 e. The summed E-state index contributed by atoms with van der Waals surface area (Å²) in [4.78, 5) is 0. The van der Waals surface area contributed by atoms with Crippen LogP contribution in [0.1, 0.15) is 63.4 Å². The van der Waals surface area contributed by atoms with Gasteiger partial charge in [-0.1, -0.05) is 60.7 Å². The minimum Gasteiger partial charge on any atom is -0.490 e. The molecule has 1 spiro atoms. The van der Waals surface area contributed by atoms with Gasteiger partial charge in [0.15, 0.2) is 0 Å². The Labute approximate surface area is 233 Å². The van der Waals surface area contributed by atoms with E-state index in [9.17, 15) is 0 Å². The molecule has 202 valence electrons. The molecule has 1 aromatic carbocycles. The lowest BCUT2D eigenvalue weighted by molar-refractivity contribution is -0.227. The van der Waals surface area contributed by atoms with E-state index in [4.69, 9.17) is 9.47 Å². The lowest BCUT2D eigenvalue weighted by atomic mass is 9.44. The maximum absolute atomic E-state index is 7.08. The maximum atomic E-state index is 7.08. The van der Waals surface area contributed by atoms with Crippen LogP contribution in [0.25, 0.3) is 5.57 Å². The van der Waals surface area contributed by atoms with Crippen LogP contribution >= 0.6 is 0 Å². The second-order valence-corrected chi connectivity index (χ2v) is 12.7. The summed E-state index contributed by atoms with van der Waals surface area (Å²) in [6.07, 6.45) is 31.0. The largest absolute Gasteiger partial charge is 0.490 e. The second-order valence-electron chi connectivity index (χ2n) is 12.7. The molecular weight excluding hydrogens is 478 g/mol. The first-order valence-corrected chi connectivity index (χ1v) is 15.6. The van der Waals surface area contributed by atoms with Crippen molar-refractivity contribution in [3.05, 3.63) is 102 Å². The SMILES string of the molecule is C1=CC2C(CC1)OC1C=C(C3=CCCCN3)C=CC1C21C2CCCC=C2OC2C=C(c3ccccc3)CCC21. The molecule has 2 saturated heterocycles. The zero-order chi connectivity index (χ0) is 25.8. The first-order valence-electron chi connectivity index (χ1n) is 15.6. The number of nitrogens with one attached hydrogen (secondary N) is 1. The summed E-state index contributed by atoms with van der Waals surface area (Å²) in [5.41, 5.74) is 5.56. The molecule has 0 bridgehead atoms. The first kappa shape index (κ1) is 24.1. The average molecular weight is 520 g/mol. The van der Waals surface area contributed by atoms with E-state index >= 15 is 0 Å². The van der Waals surface area contributed by atoms with Crippen molar-refractivity contribution in [3.63, 3.8) is 0 Å². The summed E-state index contributed by atoms with van der Waals surface area (Å²) < 4.78 is 14.1. The van der Waals surface area contributed by atoms with Gasteiger partial charge in [0.1, 0.15) is 6.10 Å². The number of hydrogen-bond acceptors (Lipinski definition) is 3. The maximum Gasteiger partial charge on any atom is 0.120 e. The van der Waals surface area contributed by atoms with Crippen LogP contribution in [0, 0.1) is 29.1 Å². The summed E-state index contributed by atoms with van der Waals surface area (Å²) in [5, 5.41) is 3.66. The van der Waals surface area contributed by atoms with Crippen molar-refractivity contribution >= 4 is 5.57 Å². The van der Waals surface area contributed by atoms with Gasteiger partial charge in [-0.15, -0.1) is 0 Å². The molecule has 3 heteroatoms. The summed E-state index contributed by atoms with van der Waals surface area (Å²) in [7, 11) is 0. The minimum absolute atomic E-state index is 0.116. The van der Waals surface area contributed by atoms with Crippen molar-refractivity contribution in [1.29, 1.82) is 0 Å². The average Bonchev–Trinajstić information content (AvgIpc) is 3.01. The Hall–Kier alpha value is -2.78. The molecule has 3 heterocycles. The first-order chi connectivity index (χ1) is 19.3. The Bertz CT molecular complexity index is 1290. The van der Waals surface area contributed by atoms with E-state index in [1.54, 1.807) is 0 Å². The number of allylic oxidation sites excluding steroid dienone is 6. The van der Waals surface area contributed by atoms with E-state index in [1.807, 2.05) is 0 Å². The molecule has 39 heavy (non-hydrogen) atoms. The fourth-order valence-electron chi connectivity index (χ4n) is 9.41. The van der Waals surface area contributed by atoms with Gasteiger partial charge in [0, 0.05) is 41.3 Å². The van der Waals surface area contributed by atoms with Gasteiger partial charge in [-0.05, 0) is 92.7 Å². The summed E-state index contributed by atoms with van der Waals surface area (Å²) in [5.74, 6) is 3.05. The Balaban J connectivity index is 1.26.